The fraction of sp³-hybridized carbons (Fsp3) is 0.344. The lowest BCUT2D eigenvalue weighted by Crippen LogP contribution is -2.31. The maximum Gasteiger partial charge on any atom is 0.243 e. The van der Waals surface area contributed by atoms with Gasteiger partial charge in [-0.15, -0.1) is 11.3 Å². The van der Waals surface area contributed by atoms with Crippen molar-refractivity contribution in [2.24, 2.45) is 0 Å². The number of nitrogens with zero attached hydrogens (tertiary/aromatic N) is 1. The van der Waals surface area contributed by atoms with Crippen molar-refractivity contribution >= 4 is 50.8 Å². The molecule has 0 spiro atoms. The largest absolute Gasteiger partial charge is 0.392 e. The molecule has 226 valence electrons. The molecule has 2 amide bonds. The molecule has 3 unspecified atom stereocenters. The Labute approximate surface area is 258 Å². The first-order valence-corrected chi connectivity index (χ1v) is 16.1. The van der Waals surface area contributed by atoms with Crippen LogP contribution in [0.5, 0.6) is 0 Å². The Morgan fingerprint density at radius 2 is 1.72 bits per heavy atom. The normalized spacial score (nSPS) is 18.4. The molecule has 3 atom stereocenters. The van der Waals surface area contributed by atoms with Gasteiger partial charge < -0.3 is 19.9 Å². The van der Waals surface area contributed by atoms with Crippen LogP contribution in [0.25, 0.3) is 10.2 Å². The summed E-state index contributed by atoms with van der Waals surface area (Å²) in [6.07, 6.45) is 2.24. The van der Waals surface area contributed by atoms with Crippen molar-refractivity contribution in [1.29, 1.82) is 0 Å². The Hall–Kier alpha value is -3.32. The highest BCUT2D eigenvalue weighted by atomic mass is 32.2. The Morgan fingerprint density at radius 3 is 2.49 bits per heavy atom. The molecule has 2 heterocycles. The number of ether oxygens (including phenoxy) is 2. The average Bonchev–Trinajstić information content (AvgIpc) is 3.47. The Balaban J connectivity index is 1.24. The quantitative estimate of drug-likeness (QED) is 0.0575. The molecule has 0 radical (unpaired) electrons. The molecule has 1 aromatic heterocycles. The number of rotatable bonds is 13. The molecule has 0 bridgehead atoms. The predicted molar refractivity (Wildman–Crippen MR) is 167 cm³/mol. The van der Waals surface area contributed by atoms with E-state index in [-0.39, 0.29) is 31.1 Å². The Bertz CT molecular complexity index is 1480. The second kappa shape index (κ2) is 15.4. The molecular formula is C32H35N3O6S2. The zero-order chi connectivity index (χ0) is 30.0. The van der Waals surface area contributed by atoms with Crippen LogP contribution in [0.2, 0.25) is 0 Å². The van der Waals surface area contributed by atoms with Gasteiger partial charge in [0.2, 0.25) is 11.8 Å². The van der Waals surface area contributed by atoms with E-state index < -0.39 is 12.2 Å². The van der Waals surface area contributed by atoms with Crippen LogP contribution < -0.4 is 10.8 Å². The van der Waals surface area contributed by atoms with E-state index in [0.29, 0.717) is 43.5 Å². The second-order valence-corrected chi connectivity index (χ2v) is 12.7. The summed E-state index contributed by atoms with van der Waals surface area (Å²) in [4.78, 5) is 28.4. The van der Waals surface area contributed by atoms with Gasteiger partial charge in [0.15, 0.2) is 10.6 Å². The number of thiazole rings is 1. The summed E-state index contributed by atoms with van der Waals surface area (Å²) in [7, 11) is 0. The SMILES string of the molecule is O=C(CCCCCC(=O)Nc1cccc(C2OC(CSc3nc4ccccc4s3)CC(c3ccc(CO)cc3)O2)c1)NO. The molecule has 1 fully saturated rings. The molecule has 3 aromatic carbocycles. The fourth-order valence-electron chi connectivity index (χ4n) is 4.89. The zero-order valence-electron chi connectivity index (χ0n) is 23.6. The third-order valence-corrected chi connectivity index (χ3v) is 9.47. The number of aliphatic hydroxyl groups excluding tert-OH is 1. The van der Waals surface area contributed by atoms with Crippen molar-refractivity contribution in [1.82, 2.24) is 10.5 Å². The minimum Gasteiger partial charge on any atom is -0.392 e. The van der Waals surface area contributed by atoms with Gasteiger partial charge in [-0.05, 0) is 48.2 Å². The summed E-state index contributed by atoms with van der Waals surface area (Å²) >= 11 is 3.36. The monoisotopic (exact) mass is 621 g/mol. The molecule has 4 N–H and O–H groups in total. The molecule has 1 aliphatic heterocycles. The maximum absolute atomic E-state index is 12.6. The summed E-state index contributed by atoms with van der Waals surface area (Å²) in [6, 6.07) is 23.4. The number of unbranched alkanes of at least 4 members (excludes halogenated alkanes) is 2. The zero-order valence-corrected chi connectivity index (χ0v) is 25.2. The summed E-state index contributed by atoms with van der Waals surface area (Å²) in [5, 5.41) is 21.0. The van der Waals surface area contributed by atoms with Gasteiger partial charge in [-0.3, -0.25) is 14.8 Å². The molecule has 11 heteroatoms. The second-order valence-electron chi connectivity index (χ2n) is 10.4. The first-order valence-electron chi connectivity index (χ1n) is 14.3. The number of para-hydroxylation sites is 1. The van der Waals surface area contributed by atoms with Crippen LogP contribution in [-0.4, -0.2) is 39.0 Å². The molecule has 0 aliphatic carbocycles. The molecule has 0 saturated carbocycles. The summed E-state index contributed by atoms with van der Waals surface area (Å²) in [6.45, 7) is -0.0155. The van der Waals surface area contributed by atoms with Crippen molar-refractivity contribution in [2.75, 3.05) is 11.1 Å². The lowest BCUT2D eigenvalue weighted by atomic mass is 10.0. The number of carbonyl (C=O) groups excluding carboxylic acids is 2. The van der Waals surface area contributed by atoms with Crippen LogP contribution in [0.1, 0.15) is 67.6 Å². The third-order valence-electron chi connectivity index (χ3n) is 7.16. The van der Waals surface area contributed by atoms with Crippen molar-refractivity contribution in [3.63, 3.8) is 0 Å². The molecule has 9 nitrogen and oxygen atoms in total. The van der Waals surface area contributed by atoms with Gasteiger partial charge in [0, 0.05) is 36.3 Å². The minimum absolute atomic E-state index is 0.0155. The standard InChI is InChI=1S/C32H35N3O6S2/c36-19-21-13-15-22(16-14-21)27-18-25(20-42-32-34-26-9-4-5-10-28(26)43-32)40-31(41-27)23-7-6-8-24(17-23)33-29(37)11-2-1-3-12-30(38)35-39/h4-10,13-17,25,27,31,36,39H,1-3,11-12,18-20H2,(H,33,37)(H,35,38). The number of carbonyl (C=O) groups is 2. The lowest BCUT2D eigenvalue weighted by molar-refractivity contribution is -0.245. The van der Waals surface area contributed by atoms with E-state index in [2.05, 4.69) is 11.4 Å². The van der Waals surface area contributed by atoms with Crippen molar-refractivity contribution in [2.45, 2.75) is 68.0 Å². The van der Waals surface area contributed by atoms with E-state index in [0.717, 1.165) is 31.2 Å². The highest BCUT2D eigenvalue weighted by molar-refractivity contribution is 8.01. The highest BCUT2D eigenvalue weighted by Crippen LogP contribution is 2.40. The number of thioether (sulfide) groups is 1. The first kappa shape index (κ1) is 31.1. The van der Waals surface area contributed by atoms with Gasteiger partial charge in [-0.25, -0.2) is 10.5 Å². The minimum atomic E-state index is -0.633. The smallest absolute Gasteiger partial charge is 0.243 e. The highest BCUT2D eigenvalue weighted by Gasteiger charge is 2.32. The van der Waals surface area contributed by atoms with Gasteiger partial charge in [0.05, 0.1) is 29.0 Å². The van der Waals surface area contributed by atoms with Gasteiger partial charge in [0.1, 0.15) is 0 Å². The number of nitrogens with one attached hydrogen (secondary N) is 2. The number of hydroxylamine groups is 1. The van der Waals surface area contributed by atoms with Crippen LogP contribution in [-0.2, 0) is 25.7 Å². The van der Waals surface area contributed by atoms with Gasteiger partial charge in [-0.2, -0.15) is 0 Å². The van der Waals surface area contributed by atoms with Crippen LogP contribution >= 0.6 is 23.1 Å². The number of amides is 2. The van der Waals surface area contributed by atoms with Gasteiger partial charge in [0.25, 0.3) is 0 Å². The van der Waals surface area contributed by atoms with Crippen molar-refractivity contribution in [3.05, 3.63) is 89.5 Å². The summed E-state index contributed by atoms with van der Waals surface area (Å²) in [5.41, 5.74) is 5.93. The molecule has 1 saturated heterocycles. The van der Waals surface area contributed by atoms with Gasteiger partial charge >= 0.3 is 0 Å². The number of hydrogen-bond acceptors (Lipinski definition) is 9. The number of benzene rings is 3. The third kappa shape index (κ3) is 8.85. The fourth-order valence-corrected chi connectivity index (χ4v) is 7.00. The maximum atomic E-state index is 12.6. The van der Waals surface area contributed by atoms with E-state index >= 15 is 0 Å². The van der Waals surface area contributed by atoms with E-state index in [1.54, 1.807) is 28.6 Å². The number of aliphatic hydroxyl groups is 1. The lowest BCUT2D eigenvalue weighted by Gasteiger charge is -2.36. The number of fused-ring (bicyclic) bond motifs is 1. The Kier molecular flexibility index (Phi) is 11.2. The molecular weight excluding hydrogens is 587 g/mol. The van der Waals surface area contributed by atoms with E-state index in [9.17, 15) is 14.7 Å². The topological polar surface area (TPSA) is 130 Å². The van der Waals surface area contributed by atoms with Crippen LogP contribution in [0.15, 0.2) is 77.1 Å². The average molecular weight is 622 g/mol. The summed E-state index contributed by atoms with van der Waals surface area (Å²) < 4.78 is 15.1. The predicted octanol–water partition coefficient (Wildman–Crippen LogP) is 6.52. The molecule has 5 rings (SSSR count). The van der Waals surface area contributed by atoms with E-state index in [1.807, 2.05) is 66.7 Å². The van der Waals surface area contributed by atoms with E-state index in [1.165, 1.54) is 0 Å². The van der Waals surface area contributed by atoms with Crippen molar-refractivity contribution < 1.29 is 29.4 Å². The number of hydrogen-bond donors (Lipinski definition) is 4. The Morgan fingerprint density at radius 1 is 0.930 bits per heavy atom. The first-order chi connectivity index (χ1) is 21.0. The van der Waals surface area contributed by atoms with Crippen LogP contribution in [0, 0.1) is 0 Å². The molecule has 4 aromatic rings. The molecule has 43 heavy (non-hydrogen) atoms. The summed E-state index contributed by atoms with van der Waals surface area (Å²) in [5.74, 6) is 0.179. The van der Waals surface area contributed by atoms with Crippen LogP contribution in [0.3, 0.4) is 0 Å². The number of aromatic nitrogens is 1. The van der Waals surface area contributed by atoms with Gasteiger partial charge in [-0.1, -0.05) is 66.7 Å². The van der Waals surface area contributed by atoms with Crippen molar-refractivity contribution in [3.8, 4) is 0 Å². The van der Waals surface area contributed by atoms with E-state index in [4.69, 9.17) is 19.7 Å². The molecule has 1 aliphatic rings. The number of anilines is 1. The van der Waals surface area contributed by atoms with Crippen LogP contribution in [0.4, 0.5) is 5.69 Å².